The Morgan fingerprint density at radius 1 is 1.23 bits per heavy atom. The third kappa shape index (κ3) is 3.41. The van der Waals surface area contributed by atoms with E-state index in [2.05, 4.69) is 20.1 Å². The van der Waals surface area contributed by atoms with Crippen LogP contribution in [0, 0.1) is 13.8 Å². The number of carbonyl (C=O) groups excluding carboxylic acids is 1. The van der Waals surface area contributed by atoms with Crippen LogP contribution in [0.3, 0.4) is 0 Å². The van der Waals surface area contributed by atoms with Gasteiger partial charge in [0.2, 0.25) is 0 Å². The summed E-state index contributed by atoms with van der Waals surface area (Å²) in [5.74, 6) is -0.511. The van der Waals surface area contributed by atoms with E-state index in [1.165, 1.54) is 31.5 Å². The molecule has 0 saturated carbocycles. The number of aryl methyl sites for hydroxylation is 2. The summed E-state index contributed by atoms with van der Waals surface area (Å²) in [7, 11) is 1.33. The predicted molar refractivity (Wildman–Crippen MR) is 90.0 cm³/mol. The second-order valence-corrected chi connectivity index (χ2v) is 5.53. The zero-order valence-corrected chi connectivity index (χ0v) is 14.3. The van der Waals surface area contributed by atoms with Crippen molar-refractivity contribution in [3.8, 4) is 11.5 Å². The molecule has 0 atom stereocenters. The molecule has 2 aromatic heterocycles. The van der Waals surface area contributed by atoms with E-state index in [0.29, 0.717) is 5.65 Å². The van der Waals surface area contributed by atoms with E-state index in [1.807, 2.05) is 19.9 Å². The molecule has 0 aliphatic rings. The van der Waals surface area contributed by atoms with E-state index in [9.17, 15) is 13.6 Å². The molecule has 136 valence electrons. The van der Waals surface area contributed by atoms with E-state index < -0.39 is 12.5 Å². The van der Waals surface area contributed by atoms with Gasteiger partial charge in [0.15, 0.2) is 17.1 Å². The van der Waals surface area contributed by atoms with Crippen molar-refractivity contribution in [2.45, 2.75) is 20.5 Å². The van der Waals surface area contributed by atoms with E-state index >= 15 is 0 Å². The second kappa shape index (κ2) is 6.95. The van der Waals surface area contributed by atoms with Crippen molar-refractivity contribution in [3.05, 3.63) is 47.4 Å². The molecule has 1 N–H and O–H groups in total. The van der Waals surface area contributed by atoms with Gasteiger partial charge in [-0.05, 0) is 32.0 Å². The van der Waals surface area contributed by atoms with Crippen molar-refractivity contribution in [2.24, 2.45) is 0 Å². The quantitative estimate of drug-likeness (QED) is 0.754. The Labute approximate surface area is 147 Å². The maximum atomic E-state index is 12.6. The van der Waals surface area contributed by atoms with Crippen LogP contribution in [0.25, 0.3) is 5.65 Å². The number of fused-ring (bicyclic) bond motifs is 1. The first-order valence-corrected chi connectivity index (χ1v) is 7.65. The van der Waals surface area contributed by atoms with Crippen LogP contribution in [-0.2, 0) is 0 Å². The topological polar surface area (TPSA) is 77.8 Å². The number of anilines is 1. The number of carbonyl (C=O) groups is 1. The summed E-state index contributed by atoms with van der Waals surface area (Å²) >= 11 is 0. The molecule has 2 heterocycles. The number of amides is 1. The number of nitrogens with one attached hydrogen (secondary N) is 1. The molecule has 0 aliphatic carbocycles. The molecule has 1 amide bonds. The molecular formula is C17H16F2N4O3. The summed E-state index contributed by atoms with van der Waals surface area (Å²) in [5, 5.41) is 6.78. The molecule has 3 rings (SSSR count). The lowest BCUT2D eigenvalue weighted by molar-refractivity contribution is -0.0511. The van der Waals surface area contributed by atoms with Gasteiger partial charge in [-0.25, -0.2) is 9.50 Å². The lowest BCUT2D eigenvalue weighted by atomic mass is 10.2. The molecule has 0 spiro atoms. The average molecular weight is 362 g/mol. The molecule has 0 fully saturated rings. The molecular weight excluding hydrogens is 346 g/mol. The molecule has 0 saturated heterocycles. The predicted octanol–water partition coefficient (Wildman–Crippen LogP) is 3.21. The zero-order chi connectivity index (χ0) is 18.8. The van der Waals surface area contributed by atoms with Gasteiger partial charge in [0, 0.05) is 23.1 Å². The van der Waals surface area contributed by atoms with Gasteiger partial charge in [-0.3, -0.25) is 4.79 Å². The third-order valence-corrected chi connectivity index (χ3v) is 3.66. The molecule has 0 unspecified atom stereocenters. The number of nitrogens with zero attached hydrogens (tertiary/aromatic N) is 3. The van der Waals surface area contributed by atoms with Crippen LogP contribution >= 0.6 is 0 Å². The number of methoxy groups -OCH3 is 1. The van der Waals surface area contributed by atoms with Gasteiger partial charge in [0.1, 0.15) is 5.56 Å². The van der Waals surface area contributed by atoms with Crippen molar-refractivity contribution in [3.63, 3.8) is 0 Å². The van der Waals surface area contributed by atoms with E-state index in [-0.39, 0.29) is 22.7 Å². The fraction of sp³-hybridized carbons (Fsp3) is 0.235. The molecule has 0 aliphatic heterocycles. The van der Waals surface area contributed by atoms with Crippen LogP contribution in [0.5, 0.6) is 11.5 Å². The number of aromatic nitrogens is 3. The molecule has 0 radical (unpaired) electrons. The van der Waals surface area contributed by atoms with Crippen LogP contribution in [0.1, 0.15) is 21.7 Å². The fourth-order valence-electron chi connectivity index (χ4n) is 2.57. The highest BCUT2D eigenvalue weighted by molar-refractivity contribution is 6.08. The van der Waals surface area contributed by atoms with E-state index in [1.54, 1.807) is 4.52 Å². The number of hydrogen-bond donors (Lipinski definition) is 1. The minimum atomic E-state index is -3.01. The molecule has 7 nitrogen and oxygen atoms in total. The SMILES string of the molecule is COc1ccc(NC(=O)c2cnn3c(C)cc(C)nc23)cc1OC(F)F. The smallest absolute Gasteiger partial charge is 0.387 e. The summed E-state index contributed by atoms with van der Waals surface area (Å²) < 4.78 is 36.0. The molecule has 0 bridgehead atoms. The number of rotatable bonds is 5. The maximum absolute atomic E-state index is 12.6. The highest BCUT2D eigenvalue weighted by Gasteiger charge is 2.17. The lowest BCUT2D eigenvalue weighted by Crippen LogP contribution is -2.13. The second-order valence-electron chi connectivity index (χ2n) is 5.53. The van der Waals surface area contributed by atoms with Crippen molar-refractivity contribution < 1.29 is 23.0 Å². The van der Waals surface area contributed by atoms with E-state index in [4.69, 9.17) is 4.74 Å². The van der Waals surface area contributed by atoms with Crippen LogP contribution in [-0.4, -0.2) is 34.2 Å². The molecule has 26 heavy (non-hydrogen) atoms. The summed E-state index contributed by atoms with van der Waals surface area (Å²) in [4.78, 5) is 16.9. The van der Waals surface area contributed by atoms with Gasteiger partial charge >= 0.3 is 6.61 Å². The van der Waals surface area contributed by atoms with Crippen LogP contribution < -0.4 is 14.8 Å². The highest BCUT2D eigenvalue weighted by atomic mass is 19.3. The van der Waals surface area contributed by atoms with Crippen molar-refractivity contribution in [2.75, 3.05) is 12.4 Å². The fourth-order valence-corrected chi connectivity index (χ4v) is 2.57. The Bertz CT molecular complexity index is 972. The molecule has 9 heteroatoms. The monoisotopic (exact) mass is 362 g/mol. The normalized spacial score (nSPS) is 11.0. The average Bonchev–Trinajstić information content (AvgIpc) is 2.98. The first-order valence-electron chi connectivity index (χ1n) is 7.65. The maximum Gasteiger partial charge on any atom is 0.387 e. The van der Waals surface area contributed by atoms with Gasteiger partial charge < -0.3 is 14.8 Å². The summed E-state index contributed by atoms with van der Waals surface area (Å²) in [6.07, 6.45) is 1.41. The number of ether oxygens (including phenoxy) is 2. The Morgan fingerprint density at radius 2 is 2.00 bits per heavy atom. The van der Waals surface area contributed by atoms with Gasteiger partial charge in [-0.2, -0.15) is 13.9 Å². The zero-order valence-electron chi connectivity index (χ0n) is 14.3. The molecule has 3 aromatic rings. The summed E-state index contributed by atoms with van der Waals surface area (Å²) in [6, 6.07) is 6.05. The highest BCUT2D eigenvalue weighted by Crippen LogP contribution is 2.31. The van der Waals surface area contributed by atoms with Gasteiger partial charge in [-0.15, -0.1) is 0 Å². The van der Waals surface area contributed by atoms with Crippen molar-refractivity contribution in [1.29, 1.82) is 0 Å². The lowest BCUT2D eigenvalue weighted by Gasteiger charge is -2.12. The minimum Gasteiger partial charge on any atom is -0.493 e. The van der Waals surface area contributed by atoms with Crippen molar-refractivity contribution >= 4 is 17.2 Å². The largest absolute Gasteiger partial charge is 0.493 e. The Balaban J connectivity index is 1.91. The standard InChI is InChI=1S/C17H16F2N4O3/c1-9-6-10(2)23-15(21-9)12(8-20-23)16(24)22-11-4-5-13(25-3)14(7-11)26-17(18)19/h4-8,17H,1-3H3,(H,22,24). The van der Waals surface area contributed by atoms with Crippen LogP contribution in [0.15, 0.2) is 30.5 Å². The first kappa shape index (κ1) is 17.6. The Kier molecular flexibility index (Phi) is 4.70. The van der Waals surface area contributed by atoms with Gasteiger partial charge in [0.05, 0.1) is 13.3 Å². The van der Waals surface area contributed by atoms with Crippen LogP contribution in [0.2, 0.25) is 0 Å². The van der Waals surface area contributed by atoms with Crippen molar-refractivity contribution in [1.82, 2.24) is 14.6 Å². The number of hydrogen-bond acceptors (Lipinski definition) is 5. The number of halogens is 2. The number of alkyl halides is 2. The Morgan fingerprint density at radius 3 is 2.69 bits per heavy atom. The number of benzene rings is 1. The third-order valence-electron chi connectivity index (χ3n) is 3.66. The van der Waals surface area contributed by atoms with E-state index in [0.717, 1.165) is 11.4 Å². The summed E-state index contributed by atoms with van der Waals surface area (Å²) in [6.45, 7) is 0.664. The Hall–Kier alpha value is -3.23. The summed E-state index contributed by atoms with van der Waals surface area (Å²) in [5.41, 5.74) is 2.54. The molecule has 1 aromatic carbocycles. The minimum absolute atomic E-state index is 0.132. The van der Waals surface area contributed by atoms with Gasteiger partial charge in [-0.1, -0.05) is 0 Å². The van der Waals surface area contributed by atoms with Gasteiger partial charge in [0.25, 0.3) is 5.91 Å². The first-order chi connectivity index (χ1) is 12.4. The van der Waals surface area contributed by atoms with Crippen LogP contribution in [0.4, 0.5) is 14.5 Å².